The molecule has 1 N–H and O–H groups in total. The summed E-state index contributed by atoms with van der Waals surface area (Å²) in [6.07, 6.45) is 3.51. The van der Waals surface area contributed by atoms with Gasteiger partial charge in [-0.1, -0.05) is 52.0 Å². The molecule has 2 unspecified atom stereocenters. The number of aryl methyl sites for hydroxylation is 1. The molecule has 5 nitrogen and oxygen atoms in total. The quantitative estimate of drug-likeness (QED) is 0.439. The fraction of sp³-hybridized carbons (Fsp3) is 0.538. The summed E-state index contributed by atoms with van der Waals surface area (Å²) in [4.78, 5) is 0. The molecule has 0 heterocycles. The lowest BCUT2D eigenvalue weighted by Gasteiger charge is -2.34. The molecule has 0 bridgehead atoms. The van der Waals surface area contributed by atoms with Crippen molar-refractivity contribution in [1.29, 1.82) is 0 Å². The van der Waals surface area contributed by atoms with Crippen LogP contribution in [0.5, 0.6) is 11.5 Å². The Morgan fingerprint density at radius 1 is 0.969 bits per heavy atom. The molecule has 32 heavy (non-hydrogen) atoms. The van der Waals surface area contributed by atoms with Crippen LogP contribution in [0.25, 0.3) is 0 Å². The van der Waals surface area contributed by atoms with Gasteiger partial charge in [-0.25, -0.2) is 0 Å². The minimum Gasteiger partial charge on any atom is -0.493 e. The Kier molecular flexibility index (Phi) is 8.40. The van der Waals surface area contributed by atoms with Gasteiger partial charge in [0.05, 0.1) is 18.5 Å². The Labute approximate surface area is 193 Å². The second-order valence-corrected chi connectivity index (χ2v) is 10.6. The average Bonchev–Trinajstić information content (AvgIpc) is 2.74. The van der Waals surface area contributed by atoms with Crippen LogP contribution < -0.4 is 8.92 Å². The van der Waals surface area contributed by atoms with Gasteiger partial charge in [-0.3, -0.25) is 0 Å². The van der Waals surface area contributed by atoms with Gasteiger partial charge in [0.1, 0.15) is 11.5 Å². The van der Waals surface area contributed by atoms with E-state index in [-0.39, 0.29) is 11.3 Å². The first-order valence-corrected chi connectivity index (χ1v) is 13.2. The van der Waals surface area contributed by atoms with Crippen LogP contribution in [-0.2, 0) is 15.5 Å². The highest BCUT2D eigenvalue weighted by atomic mass is 32.2. The maximum atomic E-state index is 11.4. The van der Waals surface area contributed by atoms with E-state index in [1.807, 2.05) is 45.9 Å². The summed E-state index contributed by atoms with van der Waals surface area (Å²) in [6, 6.07) is 13.6. The highest BCUT2D eigenvalue weighted by Crippen LogP contribution is 2.41. The zero-order valence-electron chi connectivity index (χ0n) is 20.4. The molecule has 0 aliphatic rings. The van der Waals surface area contributed by atoms with Crippen molar-refractivity contribution in [2.24, 2.45) is 5.92 Å². The predicted octanol–water partition coefficient (Wildman–Crippen LogP) is 5.62. The summed E-state index contributed by atoms with van der Waals surface area (Å²) < 4.78 is 33.9. The van der Waals surface area contributed by atoms with E-state index in [4.69, 9.17) is 8.92 Å². The van der Waals surface area contributed by atoms with Crippen LogP contribution in [0.4, 0.5) is 0 Å². The van der Waals surface area contributed by atoms with E-state index in [1.54, 1.807) is 12.1 Å². The lowest BCUT2D eigenvalue weighted by atomic mass is 9.70. The summed E-state index contributed by atoms with van der Waals surface area (Å²) >= 11 is 0. The third kappa shape index (κ3) is 6.04. The molecule has 0 aliphatic carbocycles. The van der Waals surface area contributed by atoms with Gasteiger partial charge in [0, 0.05) is 11.3 Å². The van der Waals surface area contributed by atoms with Gasteiger partial charge in [-0.2, -0.15) is 8.42 Å². The fourth-order valence-electron chi connectivity index (χ4n) is 4.09. The van der Waals surface area contributed by atoms with Gasteiger partial charge in [0.2, 0.25) is 0 Å². The summed E-state index contributed by atoms with van der Waals surface area (Å²) in [7, 11) is -3.55. The Morgan fingerprint density at radius 3 is 2.00 bits per heavy atom. The van der Waals surface area contributed by atoms with Crippen LogP contribution in [0.1, 0.15) is 70.6 Å². The van der Waals surface area contributed by atoms with E-state index in [9.17, 15) is 13.5 Å². The second-order valence-electron chi connectivity index (χ2n) is 9.00. The maximum Gasteiger partial charge on any atom is 0.306 e. The Hall–Kier alpha value is -2.05. The van der Waals surface area contributed by atoms with E-state index in [0.29, 0.717) is 18.8 Å². The largest absolute Gasteiger partial charge is 0.493 e. The topological polar surface area (TPSA) is 72.8 Å². The number of benzene rings is 2. The molecule has 0 fully saturated rings. The Bertz CT molecular complexity index is 989. The molecule has 2 atom stereocenters. The predicted molar refractivity (Wildman–Crippen MR) is 130 cm³/mol. The van der Waals surface area contributed by atoms with Crippen LogP contribution in [0.3, 0.4) is 0 Å². The molecule has 2 aromatic carbocycles. The van der Waals surface area contributed by atoms with Crippen molar-refractivity contribution in [2.45, 2.75) is 71.8 Å². The van der Waals surface area contributed by atoms with Gasteiger partial charge < -0.3 is 14.0 Å². The van der Waals surface area contributed by atoms with Crippen molar-refractivity contribution in [3.05, 3.63) is 59.2 Å². The van der Waals surface area contributed by atoms with Crippen molar-refractivity contribution in [3.8, 4) is 11.5 Å². The number of aliphatic hydroxyl groups is 1. The summed E-state index contributed by atoms with van der Waals surface area (Å²) in [5, 5.41) is 10.4. The molecule has 178 valence electrons. The molecule has 2 aromatic rings. The second kappa shape index (κ2) is 10.3. The van der Waals surface area contributed by atoms with Gasteiger partial charge in [-0.15, -0.1) is 0 Å². The lowest BCUT2D eigenvalue weighted by Crippen LogP contribution is -2.35. The third-order valence-corrected chi connectivity index (χ3v) is 7.35. The monoisotopic (exact) mass is 462 g/mol. The molecule has 0 saturated heterocycles. The first kappa shape index (κ1) is 26.2. The molecule has 0 radical (unpaired) electrons. The standard InChI is InChI=1S/C26H38O5S/c1-8-25(6,27)20(5)18-30-24-16-13-22(17-19(24)4)26(9-2,10-3)21-11-14-23(15-12-21)31-32(7,28)29/h11-17,20,27H,8-10,18H2,1-7H3. The maximum absolute atomic E-state index is 11.4. The molecule has 6 heteroatoms. The van der Waals surface area contributed by atoms with Crippen LogP contribution in [0, 0.1) is 12.8 Å². The molecular formula is C26H38O5S. The minimum absolute atomic E-state index is 0.0182. The highest BCUT2D eigenvalue weighted by Gasteiger charge is 2.31. The number of hydrogen-bond acceptors (Lipinski definition) is 5. The van der Waals surface area contributed by atoms with Gasteiger partial charge in [0.25, 0.3) is 0 Å². The third-order valence-electron chi connectivity index (χ3n) is 6.86. The van der Waals surface area contributed by atoms with E-state index < -0.39 is 15.7 Å². The SMILES string of the molecule is CCC(CC)(c1ccc(OS(C)(=O)=O)cc1)c1ccc(OCC(C)C(C)(O)CC)c(C)c1. The summed E-state index contributed by atoms with van der Waals surface area (Å²) in [5.74, 6) is 1.16. The molecule has 0 spiro atoms. The van der Waals surface area contributed by atoms with Crippen molar-refractivity contribution in [1.82, 2.24) is 0 Å². The first-order valence-electron chi connectivity index (χ1n) is 11.3. The minimum atomic E-state index is -3.55. The van der Waals surface area contributed by atoms with E-state index in [1.165, 1.54) is 5.56 Å². The number of ether oxygens (including phenoxy) is 1. The number of rotatable bonds is 11. The van der Waals surface area contributed by atoms with Gasteiger partial charge >= 0.3 is 10.1 Å². The van der Waals surface area contributed by atoms with Crippen molar-refractivity contribution >= 4 is 10.1 Å². The summed E-state index contributed by atoms with van der Waals surface area (Å²) in [5.41, 5.74) is 2.41. The van der Waals surface area contributed by atoms with Crippen LogP contribution in [-0.4, -0.2) is 32.0 Å². The fourth-order valence-corrected chi connectivity index (χ4v) is 4.55. The molecule has 0 saturated carbocycles. The zero-order valence-corrected chi connectivity index (χ0v) is 21.3. The Morgan fingerprint density at radius 2 is 1.53 bits per heavy atom. The van der Waals surface area contributed by atoms with Crippen molar-refractivity contribution < 1.29 is 22.4 Å². The average molecular weight is 463 g/mol. The molecule has 0 aliphatic heterocycles. The molecule has 0 aromatic heterocycles. The van der Waals surface area contributed by atoms with E-state index >= 15 is 0 Å². The molecule has 2 rings (SSSR count). The summed E-state index contributed by atoms with van der Waals surface area (Å²) in [6.45, 7) is 12.7. The van der Waals surface area contributed by atoms with E-state index in [0.717, 1.165) is 36.0 Å². The molecule has 0 amide bonds. The lowest BCUT2D eigenvalue weighted by molar-refractivity contribution is -0.0150. The molecular weight excluding hydrogens is 424 g/mol. The van der Waals surface area contributed by atoms with Gasteiger partial charge in [-0.05, 0) is 68.0 Å². The zero-order chi connectivity index (χ0) is 24.2. The van der Waals surface area contributed by atoms with Crippen LogP contribution in [0.2, 0.25) is 0 Å². The first-order chi connectivity index (χ1) is 14.9. The van der Waals surface area contributed by atoms with Crippen molar-refractivity contribution in [3.63, 3.8) is 0 Å². The van der Waals surface area contributed by atoms with E-state index in [2.05, 4.69) is 26.0 Å². The van der Waals surface area contributed by atoms with Crippen molar-refractivity contribution in [2.75, 3.05) is 12.9 Å². The van der Waals surface area contributed by atoms with Crippen LogP contribution >= 0.6 is 0 Å². The van der Waals surface area contributed by atoms with Gasteiger partial charge in [0.15, 0.2) is 0 Å². The normalized spacial score (nSPS) is 15.1. The Balaban J connectivity index is 2.31. The smallest absolute Gasteiger partial charge is 0.306 e. The number of hydrogen-bond donors (Lipinski definition) is 1. The highest BCUT2D eigenvalue weighted by molar-refractivity contribution is 7.86. The van der Waals surface area contributed by atoms with Crippen LogP contribution in [0.15, 0.2) is 42.5 Å².